The zero-order chi connectivity index (χ0) is 21.3. The summed E-state index contributed by atoms with van der Waals surface area (Å²) >= 11 is 0. The molecule has 4 aromatic rings. The smallest absolute Gasteiger partial charge is 0.281 e. The van der Waals surface area contributed by atoms with Crippen LogP contribution in [-0.4, -0.2) is 27.4 Å². The van der Waals surface area contributed by atoms with E-state index in [4.69, 9.17) is 4.74 Å². The maximum Gasteiger partial charge on any atom is 0.281 e. The van der Waals surface area contributed by atoms with E-state index in [-0.39, 0.29) is 18.0 Å². The normalized spacial score (nSPS) is 10.9. The molecular formula is C23H22N4O3. The van der Waals surface area contributed by atoms with E-state index in [0.717, 1.165) is 22.5 Å². The molecule has 30 heavy (non-hydrogen) atoms. The lowest BCUT2D eigenvalue weighted by atomic mass is 10.2. The molecular weight excluding hydrogens is 380 g/mol. The number of anilines is 1. The fourth-order valence-corrected chi connectivity index (χ4v) is 3.62. The third-order valence-corrected chi connectivity index (χ3v) is 5.22. The fourth-order valence-electron chi connectivity index (χ4n) is 3.62. The summed E-state index contributed by atoms with van der Waals surface area (Å²) in [6.45, 7) is 3.85. The van der Waals surface area contributed by atoms with Crippen LogP contribution in [-0.2, 0) is 11.3 Å². The van der Waals surface area contributed by atoms with Gasteiger partial charge < -0.3 is 14.6 Å². The number of rotatable bonds is 5. The first-order valence-corrected chi connectivity index (χ1v) is 9.56. The number of hydrogen-bond acceptors (Lipinski definition) is 4. The standard InChI is InChI=1S/C23H22N4O3/c1-15-20-13-24-27(18-7-5-4-6-8-18)23(29)22(20)16(2)26(15)14-21(28)25-17-9-11-19(30-3)12-10-17/h4-13H,14H2,1-3H3,(H,25,28). The van der Waals surface area contributed by atoms with Gasteiger partial charge in [-0.2, -0.15) is 9.78 Å². The number of nitrogens with zero attached hydrogens (tertiary/aromatic N) is 3. The third-order valence-electron chi connectivity index (χ3n) is 5.22. The van der Waals surface area contributed by atoms with E-state index in [0.29, 0.717) is 16.8 Å². The topological polar surface area (TPSA) is 78.2 Å². The number of fused-ring (bicyclic) bond motifs is 1. The number of para-hydroxylation sites is 1. The highest BCUT2D eigenvalue weighted by molar-refractivity contribution is 5.92. The van der Waals surface area contributed by atoms with Crippen molar-refractivity contribution in [3.63, 3.8) is 0 Å². The summed E-state index contributed by atoms with van der Waals surface area (Å²) in [5.74, 6) is 0.543. The Hall–Kier alpha value is -3.87. The van der Waals surface area contributed by atoms with Gasteiger partial charge in [-0.15, -0.1) is 0 Å². The number of carbonyl (C=O) groups is 1. The molecule has 0 atom stereocenters. The van der Waals surface area contributed by atoms with Crippen LogP contribution >= 0.6 is 0 Å². The summed E-state index contributed by atoms with van der Waals surface area (Å²) in [5.41, 5.74) is 2.75. The number of amides is 1. The highest BCUT2D eigenvalue weighted by atomic mass is 16.5. The molecule has 7 heteroatoms. The van der Waals surface area contributed by atoms with Crippen LogP contribution < -0.4 is 15.6 Å². The van der Waals surface area contributed by atoms with Gasteiger partial charge in [0.2, 0.25) is 5.91 Å². The summed E-state index contributed by atoms with van der Waals surface area (Å²) in [6.07, 6.45) is 1.68. The minimum Gasteiger partial charge on any atom is -0.497 e. The van der Waals surface area contributed by atoms with E-state index in [1.807, 2.05) is 48.7 Å². The van der Waals surface area contributed by atoms with E-state index >= 15 is 0 Å². The van der Waals surface area contributed by atoms with Crippen LogP contribution in [0.5, 0.6) is 5.75 Å². The molecule has 0 aliphatic carbocycles. The molecule has 152 valence electrons. The predicted octanol–water partition coefficient (Wildman–Crippen LogP) is 3.45. The quantitative estimate of drug-likeness (QED) is 0.555. The predicted molar refractivity (Wildman–Crippen MR) is 116 cm³/mol. The SMILES string of the molecule is COc1ccc(NC(=O)Cn2c(C)c3cnn(-c4ccccc4)c(=O)c3c2C)cc1. The molecule has 2 aromatic carbocycles. The Bertz CT molecular complexity index is 1270. The second kappa shape index (κ2) is 7.87. The van der Waals surface area contributed by atoms with Crippen LogP contribution in [0, 0.1) is 13.8 Å². The molecule has 1 amide bonds. The van der Waals surface area contributed by atoms with Gasteiger partial charge in [-0.1, -0.05) is 18.2 Å². The van der Waals surface area contributed by atoms with Crippen molar-refractivity contribution in [1.29, 1.82) is 0 Å². The van der Waals surface area contributed by atoms with E-state index in [1.54, 1.807) is 37.6 Å². The van der Waals surface area contributed by atoms with Crippen molar-refractivity contribution in [3.8, 4) is 11.4 Å². The van der Waals surface area contributed by atoms with Crippen molar-refractivity contribution in [2.75, 3.05) is 12.4 Å². The summed E-state index contributed by atoms with van der Waals surface area (Å²) in [6, 6.07) is 16.4. The average molecular weight is 402 g/mol. The molecule has 2 heterocycles. The van der Waals surface area contributed by atoms with Gasteiger partial charge >= 0.3 is 0 Å². The third kappa shape index (κ3) is 3.45. The fraction of sp³-hybridized carbons (Fsp3) is 0.174. The summed E-state index contributed by atoms with van der Waals surface area (Å²) < 4.78 is 8.37. The Labute approximate surface area is 173 Å². The summed E-state index contributed by atoms with van der Waals surface area (Å²) in [7, 11) is 1.59. The Balaban J connectivity index is 1.66. The maximum absolute atomic E-state index is 13.1. The Morgan fingerprint density at radius 1 is 1.03 bits per heavy atom. The number of hydrogen-bond donors (Lipinski definition) is 1. The van der Waals surface area contributed by atoms with Crippen molar-refractivity contribution < 1.29 is 9.53 Å². The molecule has 0 aliphatic heterocycles. The van der Waals surface area contributed by atoms with Gasteiger partial charge in [0.05, 0.1) is 24.4 Å². The first-order valence-electron chi connectivity index (χ1n) is 9.56. The van der Waals surface area contributed by atoms with Gasteiger partial charge in [-0.3, -0.25) is 9.59 Å². The van der Waals surface area contributed by atoms with Crippen molar-refractivity contribution >= 4 is 22.4 Å². The Kier molecular flexibility index (Phi) is 5.10. The molecule has 2 aromatic heterocycles. The molecule has 0 radical (unpaired) electrons. The number of methoxy groups -OCH3 is 1. The van der Waals surface area contributed by atoms with Crippen molar-refractivity contribution in [2.45, 2.75) is 20.4 Å². The number of aromatic nitrogens is 3. The monoisotopic (exact) mass is 402 g/mol. The van der Waals surface area contributed by atoms with Gasteiger partial charge in [0, 0.05) is 22.5 Å². The van der Waals surface area contributed by atoms with Crippen LogP contribution in [0.3, 0.4) is 0 Å². The lowest BCUT2D eigenvalue weighted by molar-refractivity contribution is -0.116. The molecule has 0 spiro atoms. The van der Waals surface area contributed by atoms with E-state index in [9.17, 15) is 9.59 Å². The van der Waals surface area contributed by atoms with Gasteiger partial charge in [0.25, 0.3) is 5.56 Å². The zero-order valence-electron chi connectivity index (χ0n) is 17.0. The number of nitrogens with one attached hydrogen (secondary N) is 1. The van der Waals surface area contributed by atoms with Gasteiger partial charge in [-0.05, 0) is 50.2 Å². The van der Waals surface area contributed by atoms with Gasteiger partial charge in [0.1, 0.15) is 12.3 Å². The summed E-state index contributed by atoms with van der Waals surface area (Å²) in [4.78, 5) is 25.8. The van der Waals surface area contributed by atoms with Crippen LogP contribution in [0.1, 0.15) is 11.4 Å². The molecule has 0 aliphatic rings. The van der Waals surface area contributed by atoms with E-state index in [2.05, 4.69) is 10.4 Å². The molecule has 0 saturated heterocycles. The van der Waals surface area contributed by atoms with Crippen molar-refractivity contribution in [3.05, 3.63) is 82.5 Å². The second-order valence-electron chi connectivity index (χ2n) is 7.02. The number of benzene rings is 2. The van der Waals surface area contributed by atoms with Crippen LogP contribution in [0.4, 0.5) is 5.69 Å². The van der Waals surface area contributed by atoms with Crippen LogP contribution in [0.15, 0.2) is 65.6 Å². The number of aryl methyl sites for hydroxylation is 2. The Morgan fingerprint density at radius 2 is 1.73 bits per heavy atom. The molecule has 7 nitrogen and oxygen atoms in total. The molecule has 1 N–H and O–H groups in total. The molecule has 4 rings (SSSR count). The minimum absolute atomic E-state index is 0.100. The van der Waals surface area contributed by atoms with Crippen molar-refractivity contribution in [1.82, 2.24) is 14.3 Å². The van der Waals surface area contributed by atoms with Crippen LogP contribution in [0.2, 0.25) is 0 Å². The van der Waals surface area contributed by atoms with E-state index in [1.165, 1.54) is 4.68 Å². The van der Waals surface area contributed by atoms with Crippen LogP contribution in [0.25, 0.3) is 16.5 Å². The lowest BCUT2D eigenvalue weighted by Crippen LogP contribution is -2.22. The van der Waals surface area contributed by atoms with Gasteiger partial charge in [-0.25, -0.2) is 0 Å². The largest absolute Gasteiger partial charge is 0.497 e. The summed E-state index contributed by atoms with van der Waals surface area (Å²) in [5, 5.41) is 8.54. The molecule has 0 bridgehead atoms. The lowest BCUT2D eigenvalue weighted by Gasteiger charge is -2.10. The molecule has 0 saturated carbocycles. The zero-order valence-corrected chi connectivity index (χ0v) is 17.0. The van der Waals surface area contributed by atoms with Gasteiger partial charge in [0.15, 0.2) is 0 Å². The number of ether oxygens (including phenoxy) is 1. The number of carbonyl (C=O) groups excluding carboxylic acids is 1. The molecule has 0 fully saturated rings. The molecule has 0 unspecified atom stereocenters. The first kappa shape index (κ1) is 19.4. The average Bonchev–Trinajstić information content (AvgIpc) is 3.00. The maximum atomic E-state index is 13.1. The first-order chi connectivity index (χ1) is 14.5. The highest BCUT2D eigenvalue weighted by Gasteiger charge is 2.18. The van der Waals surface area contributed by atoms with E-state index < -0.39 is 0 Å². The highest BCUT2D eigenvalue weighted by Crippen LogP contribution is 2.23. The Morgan fingerprint density at radius 3 is 2.40 bits per heavy atom. The second-order valence-corrected chi connectivity index (χ2v) is 7.02. The van der Waals surface area contributed by atoms with Crippen molar-refractivity contribution in [2.24, 2.45) is 0 Å². The minimum atomic E-state index is -0.200.